The highest BCUT2D eigenvalue weighted by molar-refractivity contribution is 6.32. The van der Waals surface area contributed by atoms with Crippen LogP contribution in [-0.2, 0) is 6.42 Å². The van der Waals surface area contributed by atoms with E-state index in [1.807, 2.05) is 6.92 Å². The summed E-state index contributed by atoms with van der Waals surface area (Å²) < 4.78 is 15.8. The topological polar surface area (TPSA) is 69.4 Å². The number of rotatable bonds is 7. The van der Waals surface area contributed by atoms with E-state index in [2.05, 4.69) is 22.4 Å². The Morgan fingerprint density at radius 2 is 2.00 bits per heavy atom. The molecule has 0 amide bonds. The molecule has 0 saturated heterocycles. The molecule has 0 aliphatic carbocycles. The predicted molar refractivity (Wildman–Crippen MR) is 84.9 cm³/mol. The normalized spacial score (nSPS) is 12.0. The largest absolute Gasteiger partial charge is 0.495 e. The fourth-order valence-corrected chi connectivity index (χ4v) is 2.28. The van der Waals surface area contributed by atoms with Crippen LogP contribution in [0.4, 0.5) is 5.69 Å². The van der Waals surface area contributed by atoms with Crippen LogP contribution in [0.3, 0.4) is 0 Å². The highest BCUT2D eigenvalue weighted by Crippen LogP contribution is 2.37. The lowest BCUT2D eigenvalue weighted by atomic mass is 10.2. The summed E-state index contributed by atoms with van der Waals surface area (Å²) in [5, 5.41) is 7.71. The molecule has 0 radical (unpaired) electrons. The fraction of sp³-hybridized carbons (Fsp3) is 0.467. The third-order valence-electron chi connectivity index (χ3n) is 3.17. The molecule has 1 atom stereocenters. The van der Waals surface area contributed by atoms with Crippen molar-refractivity contribution in [1.82, 2.24) is 10.1 Å². The molecular formula is C15H20ClN3O3. The van der Waals surface area contributed by atoms with Gasteiger partial charge in [-0.3, -0.25) is 0 Å². The van der Waals surface area contributed by atoms with E-state index < -0.39 is 0 Å². The third-order valence-corrected chi connectivity index (χ3v) is 3.47. The molecule has 6 nitrogen and oxygen atoms in total. The van der Waals surface area contributed by atoms with Crippen molar-refractivity contribution in [2.75, 3.05) is 19.5 Å². The minimum Gasteiger partial charge on any atom is -0.495 e. The van der Waals surface area contributed by atoms with E-state index in [0.29, 0.717) is 28.2 Å². The Kier molecular flexibility index (Phi) is 5.49. The van der Waals surface area contributed by atoms with Crippen molar-refractivity contribution in [1.29, 1.82) is 0 Å². The van der Waals surface area contributed by atoms with E-state index in [0.717, 1.165) is 18.5 Å². The van der Waals surface area contributed by atoms with Gasteiger partial charge in [0.2, 0.25) is 5.89 Å². The van der Waals surface area contributed by atoms with Crippen LogP contribution in [-0.4, -0.2) is 24.4 Å². The molecule has 120 valence electrons. The lowest BCUT2D eigenvalue weighted by molar-refractivity contribution is 0.361. The Morgan fingerprint density at radius 3 is 2.64 bits per heavy atom. The summed E-state index contributed by atoms with van der Waals surface area (Å²) in [5.41, 5.74) is 0.732. The summed E-state index contributed by atoms with van der Waals surface area (Å²) in [6.07, 6.45) is 1.77. The molecule has 0 spiro atoms. The Morgan fingerprint density at radius 1 is 1.27 bits per heavy atom. The molecule has 0 saturated carbocycles. The molecule has 2 aromatic rings. The second kappa shape index (κ2) is 7.35. The van der Waals surface area contributed by atoms with Gasteiger partial charge in [0.1, 0.15) is 17.5 Å². The first-order valence-corrected chi connectivity index (χ1v) is 7.47. The number of aromatic nitrogens is 2. The van der Waals surface area contributed by atoms with Gasteiger partial charge in [0.15, 0.2) is 5.82 Å². The standard InChI is InChI=1S/C15H20ClN3O3/c1-5-6-14-18-15(22-19-14)9(2)17-11-7-10(16)12(20-3)8-13(11)21-4/h7-9,17H,5-6H2,1-4H3/t9-/m0/s1. The fourth-order valence-electron chi connectivity index (χ4n) is 2.04. The molecule has 22 heavy (non-hydrogen) atoms. The maximum atomic E-state index is 6.16. The maximum absolute atomic E-state index is 6.16. The van der Waals surface area contributed by atoms with E-state index >= 15 is 0 Å². The van der Waals surface area contributed by atoms with Crippen molar-refractivity contribution in [3.63, 3.8) is 0 Å². The molecule has 1 aromatic heterocycles. The number of ether oxygens (including phenoxy) is 2. The summed E-state index contributed by atoms with van der Waals surface area (Å²) >= 11 is 6.16. The molecule has 7 heteroatoms. The van der Waals surface area contributed by atoms with E-state index in [-0.39, 0.29) is 6.04 Å². The average Bonchev–Trinajstić information content (AvgIpc) is 2.97. The Balaban J connectivity index is 2.19. The lowest BCUT2D eigenvalue weighted by Crippen LogP contribution is -2.08. The molecule has 1 aromatic carbocycles. The molecule has 2 rings (SSSR count). The molecular weight excluding hydrogens is 306 g/mol. The summed E-state index contributed by atoms with van der Waals surface area (Å²) in [7, 11) is 3.15. The predicted octanol–water partition coefficient (Wildman–Crippen LogP) is 3.87. The maximum Gasteiger partial charge on any atom is 0.248 e. The zero-order valence-corrected chi connectivity index (χ0v) is 13.9. The number of hydrogen-bond donors (Lipinski definition) is 1. The van der Waals surface area contributed by atoms with Crippen LogP contribution in [0.1, 0.15) is 38.0 Å². The number of benzene rings is 1. The number of anilines is 1. The van der Waals surface area contributed by atoms with Crippen LogP contribution in [0.25, 0.3) is 0 Å². The van der Waals surface area contributed by atoms with Gasteiger partial charge in [-0.1, -0.05) is 23.7 Å². The number of nitrogens with zero attached hydrogens (tertiary/aromatic N) is 2. The molecule has 0 aliphatic rings. The van der Waals surface area contributed by atoms with Crippen molar-refractivity contribution < 1.29 is 14.0 Å². The van der Waals surface area contributed by atoms with Crippen molar-refractivity contribution in [2.24, 2.45) is 0 Å². The summed E-state index contributed by atoms with van der Waals surface area (Å²) in [4.78, 5) is 4.37. The zero-order chi connectivity index (χ0) is 16.1. The molecule has 0 bridgehead atoms. The number of methoxy groups -OCH3 is 2. The molecule has 0 aliphatic heterocycles. The van der Waals surface area contributed by atoms with Crippen molar-refractivity contribution in [3.8, 4) is 11.5 Å². The number of aryl methyl sites for hydroxylation is 1. The Bertz CT molecular complexity index is 630. The van der Waals surface area contributed by atoms with Crippen molar-refractivity contribution in [2.45, 2.75) is 32.7 Å². The van der Waals surface area contributed by atoms with Crippen LogP contribution < -0.4 is 14.8 Å². The average molecular weight is 326 g/mol. The van der Waals surface area contributed by atoms with Gasteiger partial charge in [-0.05, 0) is 19.4 Å². The number of hydrogen-bond acceptors (Lipinski definition) is 6. The number of nitrogens with one attached hydrogen (secondary N) is 1. The SMILES string of the molecule is CCCc1noc([C@H](C)Nc2cc(Cl)c(OC)cc2OC)n1. The van der Waals surface area contributed by atoms with E-state index in [4.69, 9.17) is 25.6 Å². The zero-order valence-electron chi connectivity index (χ0n) is 13.1. The first-order valence-electron chi connectivity index (χ1n) is 7.09. The molecule has 0 unspecified atom stereocenters. The van der Waals surface area contributed by atoms with E-state index in [1.165, 1.54) is 0 Å². The number of halogens is 1. The highest BCUT2D eigenvalue weighted by atomic mass is 35.5. The van der Waals surface area contributed by atoms with Gasteiger partial charge in [-0.25, -0.2) is 0 Å². The summed E-state index contributed by atoms with van der Waals surface area (Å²) in [6, 6.07) is 3.31. The highest BCUT2D eigenvalue weighted by Gasteiger charge is 2.17. The van der Waals surface area contributed by atoms with E-state index in [9.17, 15) is 0 Å². The monoisotopic (exact) mass is 325 g/mol. The smallest absolute Gasteiger partial charge is 0.248 e. The third kappa shape index (κ3) is 3.62. The van der Waals surface area contributed by atoms with Crippen molar-refractivity contribution >= 4 is 17.3 Å². The molecule has 1 heterocycles. The van der Waals surface area contributed by atoms with E-state index in [1.54, 1.807) is 26.4 Å². The van der Waals surface area contributed by atoms with Gasteiger partial charge in [-0.2, -0.15) is 4.98 Å². The van der Waals surface area contributed by atoms with Gasteiger partial charge in [0.05, 0.1) is 24.9 Å². The van der Waals surface area contributed by atoms with Gasteiger partial charge in [0, 0.05) is 12.5 Å². The summed E-state index contributed by atoms with van der Waals surface area (Å²) in [5.74, 6) is 2.42. The summed E-state index contributed by atoms with van der Waals surface area (Å²) in [6.45, 7) is 4.00. The van der Waals surface area contributed by atoms with Gasteiger partial charge < -0.3 is 19.3 Å². The van der Waals surface area contributed by atoms with Gasteiger partial charge in [-0.15, -0.1) is 0 Å². The minimum atomic E-state index is -0.170. The lowest BCUT2D eigenvalue weighted by Gasteiger charge is -2.16. The van der Waals surface area contributed by atoms with Crippen LogP contribution >= 0.6 is 11.6 Å². The molecule has 0 fully saturated rings. The minimum absolute atomic E-state index is 0.170. The van der Waals surface area contributed by atoms with Gasteiger partial charge in [0.25, 0.3) is 0 Å². The Hall–Kier alpha value is -1.95. The Labute approximate surface area is 134 Å². The van der Waals surface area contributed by atoms with Crippen LogP contribution in [0.15, 0.2) is 16.7 Å². The molecule has 1 N–H and O–H groups in total. The van der Waals surface area contributed by atoms with Gasteiger partial charge >= 0.3 is 0 Å². The first kappa shape index (κ1) is 16.4. The van der Waals surface area contributed by atoms with Crippen LogP contribution in [0.5, 0.6) is 11.5 Å². The van der Waals surface area contributed by atoms with Crippen LogP contribution in [0.2, 0.25) is 5.02 Å². The first-order chi connectivity index (χ1) is 10.6. The van der Waals surface area contributed by atoms with Crippen LogP contribution in [0, 0.1) is 0 Å². The van der Waals surface area contributed by atoms with Crippen molar-refractivity contribution in [3.05, 3.63) is 28.9 Å². The second-order valence-corrected chi connectivity index (χ2v) is 5.26. The second-order valence-electron chi connectivity index (χ2n) is 4.85. The quantitative estimate of drug-likeness (QED) is 0.833.